The Morgan fingerprint density at radius 2 is 1.95 bits per heavy atom. The van der Waals surface area contributed by atoms with E-state index in [9.17, 15) is 20.5 Å². The maximum absolute atomic E-state index is 10.6. The molecule has 0 saturated heterocycles. The summed E-state index contributed by atoms with van der Waals surface area (Å²) in [5.74, 6) is 0.111. The minimum atomic E-state index is -0.491. The largest absolute Gasteiger partial charge is 0.508 e. The van der Waals surface area contributed by atoms with Gasteiger partial charge < -0.3 is 5.11 Å². The zero-order valence-corrected chi connectivity index (χ0v) is 10.4. The average molecular weight is 266 g/mol. The van der Waals surface area contributed by atoms with Gasteiger partial charge in [0, 0.05) is 12.1 Å². The van der Waals surface area contributed by atoms with Crippen molar-refractivity contribution in [1.82, 2.24) is 0 Å². The molecule has 20 heavy (non-hydrogen) atoms. The van der Waals surface area contributed by atoms with Crippen LogP contribution in [0.2, 0.25) is 0 Å². The van der Waals surface area contributed by atoms with E-state index >= 15 is 0 Å². The molecule has 5 heteroatoms. The third kappa shape index (κ3) is 3.00. The first kappa shape index (κ1) is 13.3. The average Bonchev–Trinajstić information content (AvgIpc) is 2.45. The van der Waals surface area contributed by atoms with Crippen molar-refractivity contribution in [2.75, 3.05) is 0 Å². The minimum absolute atomic E-state index is 0.0246. The lowest BCUT2D eigenvalue weighted by Gasteiger charge is -2.00. The third-order valence-electron chi connectivity index (χ3n) is 2.69. The number of non-ortho nitro benzene ring substituents is 1. The van der Waals surface area contributed by atoms with E-state index in [1.54, 1.807) is 18.2 Å². The molecular weight excluding hydrogens is 256 g/mol. The number of nitro groups is 1. The van der Waals surface area contributed by atoms with Gasteiger partial charge in [0.1, 0.15) is 5.75 Å². The van der Waals surface area contributed by atoms with Gasteiger partial charge in [-0.15, -0.1) is 0 Å². The zero-order valence-electron chi connectivity index (χ0n) is 10.4. The van der Waals surface area contributed by atoms with Gasteiger partial charge in [-0.25, -0.2) is 0 Å². The summed E-state index contributed by atoms with van der Waals surface area (Å²) in [7, 11) is 0. The first-order valence-electron chi connectivity index (χ1n) is 5.76. The molecule has 2 rings (SSSR count). The van der Waals surface area contributed by atoms with Crippen LogP contribution in [0.25, 0.3) is 11.6 Å². The molecule has 0 unspecified atom stereocenters. The van der Waals surface area contributed by atoms with Crippen LogP contribution in [0, 0.1) is 21.4 Å². The fourth-order valence-electron chi connectivity index (χ4n) is 1.72. The molecule has 0 fully saturated rings. The predicted octanol–water partition coefficient (Wildman–Crippen LogP) is 3.36. The molecule has 5 nitrogen and oxygen atoms in total. The second-order valence-corrected chi connectivity index (χ2v) is 4.07. The van der Waals surface area contributed by atoms with Crippen LogP contribution in [0.5, 0.6) is 5.75 Å². The van der Waals surface area contributed by atoms with Crippen molar-refractivity contribution in [3.05, 3.63) is 69.8 Å². The molecule has 0 aliphatic carbocycles. The lowest BCUT2D eigenvalue weighted by Crippen LogP contribution is -1.88. The first-order valence-corrected chi connectivity index (χ1v) is 5.76. The van der Waals surface area contributed by atoms with Gasteiger partial charge in [0.05, 0.1) is 16.6 Å². The molecule has 0 saturated carbocycles. The van der Waals surface area contributed by atoms with Gasteiger partial charge in [-0.2, -0.15) is 5.26 Å². The summed E-state index contributed by atoms with van der Waals surface area (Å²) in [6, 6.07) is 14.3. The number of nitrogens with zero attached hydrogens (tertiary/aromatic N) is 2. The van der Waals surface area contributed by atoms with Gasteiger partial charge in [0.25, 0.3) is 5.69 Å². The van der Waals surface area contributed by atoms with Gasteiger partial charge in [-0.05, 0) is 41.5 Å². The van der Waals surface area contributed by atoms with Crippen LogP contribution >= 0.6 is 0 Å². The van der Waals surface area contributed by atoms with E-state index in [1.165, 1.54) is 36.4 Å². The second-order valence-electron chi connectivity index (χ2n) is 4.07. The molecule has 0 spiro atoms. The smallest absolute Gasteiger partial charge is 0.269 e. The number of nitriles is 1. The Balaban J connectivity index is 2.37. The topological polar surface area (TPSA) is 87.2 Å². The predicted molar refractivity (Wildman–Crippen MR) is 74.7 cm³/mol. The molecule has 0 aliphatic rings. The highest BCUT2D eigenvalue weighted by molar-refractivity contribution is 5.89. The maximum atomic E-state index is 10.6. The molecule has 0 amide bonds. The molecule has 2 aromatic rings. The standard InChI is InChI=1S/C15H10N2O3/c16-10-13(8-11-2-1-3-15(18)9-11)12-4-6-14(7-5-12)17(19)20/h1-9,18H/b13-8-. The van der Waals surface area contributed by atoms with Crippen molar-refractivity contribution < 1.29 is 10.0 Å². The van der Waals surface area contributed by atoms with Gasteiger partial charge in [0.2, 0.25) is 0 Å². The van der Waals surface area contributed by atoms with Crippen molar-refractivity contribution >= 4 is 17.3 Å². The number of hydrogen-bond acceptors (Lipinski definition) is 4. The molecule has 0 aromatic heterocycles. The Morgan fingerprint density at radius 3 is 2.50 bits per heavy atom. The number of hydrogen-bond donors (Lipinski definition) is 1. The summed E-state index contributed by atoms with van der Waals surface area (Å²) in [5, 5.41) is 29.1. The molecular formula is C15H10N2O3. The Morgan fingerprint density at radius 1 is 1.25 bits per heavy atom. The molecule has 2 aromatic carbocycles. The van der Waals surface area contributed by atoms with E-state index < -0.39 is 4.92 Å². The second kappa shape index (κ2) is 5.67. The van der Waals surface area contributed by atoms with E-state index in [0.717, 1.165) is 0 Å². The Labute approximate surface area is 115 Å². The number of benzene rings is 2. The highest BCUT2D eigenvalue weighted by atomic mass is 16.6. The fraction of sp³-hybridized carbons (Fsp3) is 0. The summed E-state index contributed by atoms with van der Waals surface area (Å²) in [4.78, 5) is 10.1. The van der Waals surface area contributed by atoms with Gasteiger partial charge in [0.15, 0.2) is 0 Å². The lowest BCUT2D eigenvalue weighted by molar-refractivity contribution is -0.384. The number of nitro benzene ring substituents is 1. The number of phenols is 1. The molecule has 0 bridgehead atoms. The van der Waals surface area contributed by atoms with E-state index in [4.69, 9.17) is 0 Å². The Bertz CT molecular complexity index is 713. The van der Waals surface area contributed by atoms with Crippen LogP contribution in [0.15, 0.2) is 48.5 Å². The van der Waals surface area contributed by atoms with Crippen molar-refractivity contribution in [2.24, 2.45) is 0 Å². The monoisotopic (exact) mass is 266 g/mol. The van der Waals surface area contributed by atoms with Crippen LogP contribution in [-0.2, 0) is 0 Å². The van der Waals surface area contributed by atoms with Crippen molar-refractivity contribution in [3.63, 3.8) is 0 Å². The van der Waals surface area contributed by atoms with Gasteiger partial charge in [-0.1, -0.05) is 12.1 Å². The van der Waals surface area contributed by atoms with Crippen LogP contribution < -0.4 is 0 Å². The van der Waals surface area contributed by atoms with Crippen LogP contribution in [0.4, 0.5) is 5.69 Å². The zero-order chi connectivity index (χ0) is 14.5. The molecule has 0 atom stereocenters. The quantitative estimate of drug-likeness (QED) is 0.399. The summed E-state index contributed by atoms with van der Waals surface area (Å²) < 4.78 is 0. The summed E-state index contributed by atoms with van der Waals surface area (Å²) in [5.41, 5.74) is 1.61. The molecule has 0 heterocycles. The minimum Gasteiger partial charge on any atom is -0.508 e. The van der Waals surface area contributed by atoms with E-state index in [0.29, 0.717) is 16.7 Å². The van der Waals surface area contributed by atoms with Gasteiger partial charge in [-0.3, -0.25) is 10.1 Å². The van der Waals surface area contributed by atoms with E-state index in [2.05, 4.69) is 0 Å². The summed E-state index contributed by atoms with van der Waals surface area (Å²) >= 11 is 0. The molecule has 1 N–H and O–H groups in total. The number of rotatable bonds is 3. The first-order chi connectivity index (χ1) is 9.60. The molecule has 0 aliphatic heterocycles. The summed E-state index contributed by atoms with van der Waals surface area (Å²) in [6.07, 6.45) is 1.61. The van der Waals surface area contributed by atoms with Crippen molar-refractivity contribution in [2.45, 2.75) is 0 Å². The SMILES string of the molecule is N#C/C(=C/c1cccc(O)c1)c1ccc([N+](=O)[O-])cc1. The van der Waals surface area contributed by atoms with E-state index in [-0.39, 0.29) is 11.4 Å². The lowest BCUT2D eigenvalue weighted by atomic mass is 10.0. The van der Waals surface area contributed by atoms with Crippen molar-refractivity contribution in [1.29, 1.82) is 5.26 Å². The molecule has 0 radical (unpaired) electrons. The normalized spacial score (nSPS) is 10.8. The Hall–Kier alpha value is -3.13. The highest BCUT2D eigenvalue weighted by Gasteiger charge is 2.06. The highest BCUT2D eigenvalue weighted by Crippen LogP contribution is 2.22. The maximum Gasteiger partial charge on any atom is 0.269 e. The van der Waals surface area contributed by atoms with Crippen molar-refractivity contribution in [3.8, 4) is 11.8 Å². The van der Waals surface area contributed by atoms with Crippen LogP contribution in [0.1, 0.15) is 11.1 Å². The number of phenolic OH excluding ortho intramolecular Hbond substituents is 1. The van der Waals surface area contributed by atoms with Gasteiger partial charge >= 0.3 is 0 Å². The number of allylic oxidation sites excluding steroid dienone is 1. The fourth-order valence-corrected chi connectivity index (χ4v) is 1.72. The molecule has 98 valence electrons. The third-order valence-corrected chi connectivity index (χ3v) is 2.69. The summed E-state index contributed by atoms with van der Waals surface area (Å²) in [6.45, 7) is 0. The van der Waals surface area contributed by atoms with Crippen LogP contribution in [-0.4, -0.2) is 10.0 Å². The van der Waals surface area contributed by atoms with E-state index in [1.807, 2.05) is 6.07 Å². The number of aromatic hydroxyl groups is 1. The Kier molecular flexibility index (Phi) is 3.77. The van der Waals surface area contributed by atoms with Crippen LogP contribution in [0.3, 0.4) is 0 Å².